The summed E-state index contributed by atoms with van der Waals surface area (Å²) in [6, 6.07) is 12.8. The van der Waals surface area contributed by atoms with Crippen LogP contribution >= 0.6 is 0 Å². The van der Waals surface area contributed by atoms with Crippen molar-refractivity contribution in [2.24, 2.45) is 0 Å². The standard InChI is InChI=1S/C18H16FNO3/c1-2-23-17(22)18(11-12-7-9-13(19)10-8-12)14-5-3-4-6-15(14)20-16(18)21/h3-10H,2,11H2,1H3,(H,20,21). The molecule has 5 heteroatoms. The van der Waals surface area contributed by atoms with Gasteiger partial charge in [-0.3, -0.25) is 9.59 Å². The van der Waals surface area contributed by atoms with Gasteiger partial charge in [-0.25, -0.2) is 4.39 Å². The van der Waals surface area contributed by atoms with Crippen LogP contribution in [0.2, 0.25) is 0 Å². The SMILES string of the molecule is CCOC(=O)C1(Cc2ccc(F)cc2)C(=O)Nc2ccccc21. The van der Waals surface area contributed by atoms with Gasteiger partial charge < -0.3 is 10.1 Å². The van der Waals surface area contributed by atoms with Gasteiger partial charge in [-0.1, -0.05) is 30.3 Å². The Morgan fingerprint density at radius 2 is 1.87 bits per heavy atom. The zero-order chi connectivity index (χ0) is 16.4. The third-order valence-electron chi connectivity index (χ3n) is 4.03. The summed E-state index contributed by atoms with van der Waals surface area (Å²) >= 11 is 0. The second-order valence-electron chi connectivity index (χ2n) is 5.43. The van der Waals surface area contributed by atoms with Crippen LogP contribution in [0.3, 0.4) is 0 Å². The molecule has 2 aromatic carbocycles. The summed E-state index contributed by atoms with van der Waals surface area (Å²) in [6.07, 6.45) is 0.120. The van der Waals surface area contributed by atoms with E-state index >= 15 is 0 Å². The fraction of sp³-hybridized carbons (Fsp3) is 0.222. The average Bonchev–Trinajstić information content (AvgIpc) is 2.83. The minimum absolute atomic E-state index is 0.120. The van der Waals surface area contributed by atoms with Crippen molar-refractivity contribution in [1.29, 1.82) is 0 Å². The summed E-state index contributed by atoms with van der Waals surface area (Å²) in [5.41, 5.74) is 0.441. The lowest BCUT2D eigenvalue weighted by atomic mass is 9.76. The number of ether oxygens (including phenoxy) is 1. The minimum Gasteiger partial charge on any atom is -0.465 e. The summed E-state index contributed by atoms with van der Waals surface area (Å²) < 4.78 is 18.3. The number of carbonyl (C=O) groups excluding carboxylic acids is 2. The van der Waals surface area contributed by atoms with E-state index in [0.717, 1.165) is 0 Å². The first-order chi connectivity index (χ1) is 11.1. The van der Waals surface area contributed by atoms with Crippen LogP contribution in [0.15, 0.2) is 48.5 Å². The molecule has 23 heavy (non-hydrogen) atoms. The topological polar surface area (TPSA) is 55.4 Å². The van der Waals surface area contributed by atoms with Gasteiger partial charge in [0.1, 0.15) is 5.82 Å². The van der Waals surface area contributed by atoms with Crippen molar-refractivity contribution in [2.75, 3.05) is 11.9 Å². The Morgan fingerprint density at radius 1 is 1.17 bits per heavy atom. The third-order valence-corrected chi connectivity index (χ3v) is 4.03. The van der Waals surface area contributed by atoms with E-state index in [1.165, 1.54) is 12.1 Å². The molecule has 1 amide bonds. The number of benzene rings is 2. The Hall–Kier alpha value is -2.69. The van der Waals surface area contributed by atoms with Crippen LogP contribution in [-0.4, -0.2) is 18.5 Å². The maximum atomic E-state index is 13.1. The molecule has 4 nitrogen and oxygen atoms in total. The van der Waals surface area contributed by atoms with Crippen LogP contribution in [-0.2, 0) is 26.2 Å². The van der Waals surface area contributed by atoms with Gasteiger partial charge in [0, 0.05) is 17.7 Å². The zero-order valence-electron chi connectivity index (χ0n) is 12.6. The molecule has 0 saturated heterocycles. The number of halogens is 1. The van der Waals surface area contributed by atoms with Gasteiger partial charge in [0.05, 0.1) is 6.61 Å². The van der Waals surface area contributed by atoms with Crippen LogP contribution in [0.5, 0.6) is 0 Å². The van der Waals surface area contributed by atoms with E-state index in [1.807, 2.05) is 0 Å². The normalized spacial score (nSPS) is 19.1. The predicted octanol–water partition coefficient (Wildman–Crippen LogP) is 2.82. The van der Waals surface area contributed by atoms with Crippen LogP contribution < -0.4 is 5.32 Å². The molecule has 1 N–H and O–H groups in total. The van der Waals surface area contributed by atoms with Gasteiger partial charge >= 0.3 is 5.97 Å². The molecule has 1 heterocycles. The van der Waals surface area contributed by atoms with Gasteiger partial charge in [0.25, 0.3) is 0 Å². The van der Waals surface area contributed by atoms with Crippen molar-refractivity contribution in [3.8, 4) is 0 Å². The maximum Gasteiger partial charge on any atom is 0.326 e. The van der Waals surface area contributed by atoms with E-state index in [9.17, 15) is 14.0 Å². The molecule has 3 rings (SSSR count). The van der Waals surface area contributed by atoms with E-state index in [1.54, 1.807) is 43.3 Å². The first-order valence-electron chi connectivity index (χ1n) is 7.40. The highest BCUT2D eigenvalue weighted by atomic mass is 19.1. The molecule has 1 unspecified atom stereocenters. The Balaban J connectivity index is 2.10. The largest absolute Gasteiger partial charge is 0.465 e. The smallest absolute Gasteiger partial charge is 0.326 e. The summed E-state index contributed by atoms with van der Waals surface area (Å²) in [5.74, 6) is -1.37. The molecule has 118 valence electrons. The number of nitrogens with one attached hydrogen (secondary N) is 1. The molecule has 1 aliphatic heterocycles. The van der Waals surface area contributed by atoms with Crippen molar-refractivity contribution >= 4 is 17.6 Å². The third kappa shape index (κ3) is 2.48. The highest BCUT2D eigenvalue weighted by Crippen LogP contribution is 2.41. The van der Waals surface area contributed by atoms with E-state index in [4.69, 9.17) is 4.74 Å². The number of carbonyl (C=O) groups is 2. The molecule has 0 spiro atoms. The molecule has 2 aromatic rings. The summed E-state index contributed by atoms with van der Waals surface area (Å²) in [7, 11) is 0. The van der Waals surface area contributed by atoms with Crippen molar-refractivity contribution < 1.29 is 18.7 Å². The molecule has 0 saturated carbocycles. The number of rotatable bonds is 4. The van der Waals surface area contributed by atoms with Crippen LogP contribution in [0.25, 0.3) is 0 Å². The van der Waals surface area contributed by atoms with Gasteiger partial charge in [-0.15, -0.1) is 0 Å². The van der Waals surface area contributed by atoms with Gasteiger partial charge in [0.15, 0.2) is 5.41 Å². The fourth-order valence-corrected chi connectivity index (χ4v) is 2.93. The quantitative estimate of drug-likeness (QED) is 0.697. The molecule has 0 aromatic heterocycles. The molecule has 0 fully saturated rings. The number of hydrogen-bond donors (Lipinski definition) is 1. The van der Waals surface area contributed by atoms with Crippen molar-refractivity contribution in [1.82, 2.24) is 0 Å². The van der Waals surface area contributed by atoms with Gasteiger partial charge in [-0.05, 0) is 30.7 Å². The minimum atomic E-state index is -1.44. The lowest BCUT2D eigenvalue weighted by molar-refractivity contribution is -0.153. The van der Waals surface area contributed by atoms with Crippen LogP contribution in [0.4, 0.5) is 10.1 Å². The number of para-hydroxylation sites is 1. The lowest BCUT2D eigenvalue weighted by Crippen LogP contribution is -2.45. The second-order valence-corrected chi connectivity index (χ2v) is 5.43. The van der Waals surface area contributed by atoms with E-state index in [-0.39, 0.29) is 18.8 Å². The van der Waals surface area contributed by atoms with E-state index in [0.29, 0.717) is 16.8 Å². The van der Waals surface area contributed by atoms with Crippen molar-refractivity contribution in [3.05, 3.63) is 65.5 Å². The molecule has 0 bridgehead atoms. The summed E-state index contributed by atoms with van der Waals surface area (Å²) in [4.78, 5) is 25.3. The molecular formula is C18H16FNO3. The highest BCUT2D eigenvalue weighted by molar-refractivity contribution is 6.19. The number of esters is 1. The predicted molar refractivity (Wildman–Crippen MR) is 83.5 cm³/mol. The average molecular weight is 313 g/mol. The van der Waals surface area contributed by atoms with E-state index < -0.39 is 17.3 Å². The monoisotopic (exact) mass is 313 g/mol. The number of anilines is 1. The van der Waals surface area contributed by atoms with Crippen molar-refractivity contribution in [3.63, 3.8) is 0 Å². The van der Waals surface area contributed by atoms with Crippen molar-refractivity contribution in [2.45, 2.75) is 18.8 Å². The summed E-state index contributed by atoms with van der Waals surface area (Å²) in [6.45, 7) is 1.88. The molecular weight excluding hydrogens is 297 g/mol. The Morgan fingerprint density at radius 3 is 2.57 bits per heavy atom. The van der Waals surface area contributed by atoms with Gasteiger partial charge in [-0.2, -0.15) is 0 Å². The number of amides is 1. The first kappa shape index (κ1) is 15.2. The molecule has 0 radical (unpaired) electrons. The zero-order valence-corrected chi connectivity index (χ0v) is 12.6. The highest BCUT2D eigenvalue weighted by Gasteiger charge is 2.54. The lowest BCUT2D eigenvalue weighted by Gasteiger charge is -2.25. The second kappa shape index (κ2) is 5.83. The Labute approximate surface area is 133 Å². The number of fused-ring (bicyclic) bond motifs is 1. The molecule has 1 atom stereocenters. The Kier molecular flexibility index (Phi) is 3.86. The fourth-order valence-electron chi connectivity index (χ4n) is 2.93. The maximum absolute atomic E-state index is 13.1. The number of hydrogen-bond acceptors (Lipinski definition) is 3. The first-order valence-corrected chi connectivity index (χ1v) is 7.40. The Bertz CT molecular complexity index is 757. The molecule has 0 aliphatic carbocycles. The van der Waals surface area contributed by atoms with Crippen LogP contribution in [0.1, 0.15) is 18.1 Å². The summed E-state index contributed by atoms with van der Waals surface area (Å²) in [5, 5.41) is 2.75. The molecule has 1 aliphatic rings. The van der Waals surface area contributed by atoms with E-state index in [2.05, 4.69) is 5.32 Å². The van der Waals surface area contributed by atoms with Crippen LogP contribution in [0, 0.1) is 5.82 Å². The van der Waals surface area contributed by atoms with Gasteiger partial charge in [0.2, 0.25) is 5.91 Å².